The van der Waals surface area contributed by atoms with Gasteiger partial charge in [0.1, 0.15) is 0 Å². The number of carbonyl (C=O) groups is 1. The molecule has 1 amide bonds. The van der Waals surface area contributed by atoms with E-state index in [0.29, 0.717) is 6.42 Å². The van der Waals surface area contributed by atoms with E-state index in [2.05, 4.69) is 5.32 Å². The van der Waals surface area contributed by atoms with Crippen molar-refractivity contribution in [2.45, 2.75) is 38.3 Å². The van der Waals surface area contributed by atoms with E-state index in [1.165, 1.54) is 7.11 Å². The van der Waals surface area contributed by atoms with Crippen LogP contribution in [0.4, 0.5) is 4.79 Å². The van der Waals surface area contributed by atoms with Crippen molar-refractivity contribution in [1.29, 1.82) is 0 Å². The van der Waals surface area contributed by atoms with Crippen LogP contribution in [0.25, 0.3) is 0 Å². The van der Waals surface area contributed by atoms with E-state index < -0.39 is 17.7 Å². The number of aliphatic hydroxyl groups excluding tert-OH is 1. The Bertz CT molecular complexity index is 186. The normalized spacial score (nSPS) is 17.1. The highest BCUT2D eigenvalue weighted by molar-refractivity contribution is 5.65. The van der Waals surface area contributed by atoms with Crippen molar-refractivity contribution in [3.05, 3.63) is 0 Å². The summed E-state index contributed by atoms with van der Waals surface area (Å²) in [6, 6.07) is -0.593. The molecule has 2 atom stereocenters. The van der Waals surface area contributed by atoms with Crippen LogP contribution in [0.5, 0.6) is 0 Å². The van der Waals surface area contributed by atoms with Gasteiger partial charge >= 0.3 is 6.09 Å². The molecular weight excluding hydrogens is 186 g/mol. The Labute approximate surface area is 84.1 Å². The predicted molar refractivity (Wildman–Crippen MR) is 52.4 cm³/mol. The number of aliphatic hydroxyl groups is 1. The van der Waals surface area contributed by atoms with Crippen LogP contribution in [0, 0.1) is 0 Å². The average Bonchev–Trinajstić information content (AvgIpc) is 2.14. The smallest absolute Gasteiger partial charge is 0.405 e. The second kappa shape index (κ2) is 5.82. The molecule has 3 N–H and O–H groups in total. The van der Waals surface area contributed by atoms with Gasteiger partial charge in [0.05, 0.1) is 18.2 Å². The fourth-order valence-corrected chi connectivity index (χ4v) is 1.46. The molecule has 84 valence electrons. The van der Waals surface area contributed by atoms with Crippen LogP contribution in [0.3, 0.4) is 0 Å². The molecule has 0 aromatic carbocycles. The molecule has 0 bridgehead atoms. The molecule has 0 aliphatic heterocycles. The number of carboxylic acid groups (broad SMARTS) is 1. The van der Waals surface area contributed by atoms with Crippen molar-refractivity contribution in [1.82, 2.24) is 5.32 Å². The van der Waals surface area contributed by atoms with Crippen LogP contribution in [0.1, 0.15) is 26.7 Å². The van der Waals surface area contributed by atoms with Gasteiger partial charge < -0.3 is 20.3 Å². The molecule has 0 aliphatic carbocycles. The van der Waals surface area contributed by atoms with Crippen LogP contribution in [0.2, 0.25) is 0 Å². The molecule has 5 heteroatoms. The largest absolute Gasteiger partial charge is 0.465 e. The van der Waals surface area contributed by atoms with Crippen LogP contribution in [-0.4, -0.2) is 41.7 Å². The van der Waals surface area contributed by atoms with Crippen molar-refractivity contribution >= 4 is 6.09 Å². The first-order chi connectivity index (χ1) is 6.50. The third-order valence-electron chi connectivity index (χ3n) is 2.43. The van der Waals surface area contributed by atoms with Gasteiger partial charge in [0.2, 0.25) is 0 Å². The highest BCUT2D eigenvalue weighted by Gasteiger charge is 2.34. The quantitative estimate of drug-likeness (QED) is 0.600. The zero-order valence-electron chi connectivity index (χ0n) is 8.91. The number of methoxy groups -OCH3 is 1. The van der Waals surface area contributed by atoms with Gasteiger partial charge in [-0.25, -0.2) is 4.79 Å². The minimum atomic E-state index is -1.15. The number of hydrogen-bond donors (Lipinski definition) is 3. The Morgan fingerprint density at radius 2 is 2.21 bits per heavy atom. The van der Waals surface area contributed by atoms with Crippen molar-refractivity contribution in [3.8, 4) is 0 Å². The predicted octanol–water partition coefficient (Wildman–Crippen LogP) is 0.820. The van der Waals surface area contributed by atoms with Gasteiger partial charge in [-0.15, -0.1) is 0 Å². The molecule has 0 spiro atoms. The summed E-state index contributed by atoms with van der Waals surface area (Å²) in [7, 11) is 1.52. The molecule has 0 aromatic heterocycles. The van der Waals surface area contributed by atoms with E-state index in [9.17, 15) is 4.79 Å². The van der Waals surface area contributed by atoms with Crippen molar-refractivity contribution in [2.24, 2.45) is 0 Å². The summed E-state index contributed by atoms with van der Waals surface area (Å²) < 4.78 is 5.25. The number of hydrogen-bond acceptors (Lipinski definition) is 3. The molecule has 0 heterocycles. The lowest BCUT2D eigenvalue weighted by Crippen LogP contribution is -2.53. The Hall–Kier alpha value is -0.810. The average molecular weight is 205 g/mol. The summed E-state index contributed by atoms with van der Waals surface area (Å²) >= 11 is 0. The molecule has 0 radical (unpaired) electrons. The van der Waals surface area contributed by atoms with Crippen LogP contribution >= 0.6 is 0 Å². The lowest BCUT2D eigenvalue weighted by atomic mass is 9.91. The minimum absolute atomic E-state index is 0.267. The number of ether oxygens (including phenoxy) is 1. The number of rotatable bonds is 6. The van der Waals surface area contributed by atoms with E-state index in [1.807, 2.05) is 6.92 Å². The van der Waals surface area contributed by atoms with Gasteiger partial charge in [-0.1, -0.05) is 13.3 Å². The van der Waals surface area contributed by atoms with Gasteiger partial charge in [0.25, 0.3) is 0 Å². The molecule has 0 saturated carbocycles. The monoisotopic (exact) mass is 205 g/mol. The second-order valence-electron chi connectivity index (χ2n) is 3.45. The Morgan fingerprint density at radius 3 is 2.50 bits per heavy atom. The Morgan fingerprint density at radius 1 is 1.64 bits per heavy atom. The first-order valence-corrected chi connectivity index (χ1v) is 4.65. The van der Waals surface area contributed by atoms with E-state index in [0.717, 1.165) is 6.42 Å². The van der Waals surface area contributed by atoms with Gasteiger partial charge in [0, 0.05) is 7.11 Å². The zero-order chi connectivity index (χ0) is 11.2. The highest BCUT2D eigenvalue weighted by Crippen LogP contribution is 2.21. The van der Waals surface area contributed by atoms with Crippen molar-refractivity contribution in [3.63, 3.8) is 0 Å². The molecule has 5 nitrogen and oxygen atoms in total. The Kier molecular flexibility index (Phi) is 5.49. The van der Waals surface area contributed by atoms with Crippen molar-refractivity contribution in [2.75, 3.05) is 13.7 Å². The summed E-state index contributed by atoms with van der Waals surface area (Å²) in [5, 5.41) is 19.9. The SMILES string of the molecule is CCCC(C)(OC)C(CO)NC(=O)O. The van der Waals surface area contributed by atoms with E-state index in [4.69, 9.17) is 14.9 Å². The summed E-state index contributed by atoms with van der Waals surface area (Å²) in [6.45, 7) is 3.50. The van der Waals surface area contributed by atoms with Gasteiger partial charge in [-0.05, 0) is 13.3 Å². The highest BCUT2D eigenvalue weighted by atomic mass is 16.5. The maximum absolute atomic E-state index is 10.5. The lowest BCUT2D eigenvalue weighted by molar-refractivity contribution is -0.0449. The van der Waals surface area contributed by atoms with E-state index >= 15 is 0 Å². The molecule has 2 unspecified atom stereocenters. The third kappa shape index (κ3) is 3.51. The molecule has 0 aromatic rings. The minimum Gasteiger partial charge on any atom is -0.465 e. The standard InChI is InChI=1S/C9H19NO4/c1-4-5-9(2,14-3)7(6-11)10-8(12)13/h7,10-11H,4-6H2,1-3H3,(H,12,13). The topological polar surface area (TPSA) is 78.8 Å². The maximum atomic E-state index is 10.5. The summed E-state index contributed by atoms with van der Waals surface area (Å²) in [5.41, 5.74) is -0.651. The molecule has 0 fully saturated rings. The fraction of sp³-hybridized carbons (Fsp3) is 0.889. The van der Waals surface area contributed by atoms with Gasteiger partial charge in [-0.3, -0.25) is 0 Å². The van der Waals surface area contributed by atoms with E-state index in [1.54, 1.807) is 6.92 Å². The van der Waals surface area contributed by atoms with Crippen LogP contribution in [0.15, 0.2) is 0 Å². The van der Waals surface area contributed by atoms with Crippen LogP contribution in [-0.2, 0) is 4.74 Å². The third-order valence-corrected chi connectivity index (χ3v) is 2.43. The molecule has 0 aliphatic rings. The number of amides is 1. The summed E-state index contributed by atoms with van der Waals surface area (Å²) in [6.07, 6.45) is 0.403. The second-order valence-corrected chi connectivity index (χ2v) is 3.45. The first kappa shape index (κ1) is 13.2. The molecular formula is C9H19NO4. The maximum Gasteiger partial charge on any atom is 0.405 e. The Balaban J connectivity index is 4.49. The fourth-order valence-electron chi connectivity index (χ4n) is 1.46. The summed E-state index contributed by atoms with van der Waals surface area (Å²) in [4.78, 5) is 10.5. The van der Waals surface area contributed by atoms with E-state index in [-0.39, 0.29) is 6.61 Å². The zero-order valence-corrected chi connectivity index (χ0v) is 8.91. The molecule has 0 rings (SSSR count). The lowest BCUT2D eigenvalue weighted by Gasteiger charge is -2.35. The van der Waals surface area contributed by atoms with Crippen molar-refractivity contribution < 1.29 is 19.7 Å². The molecule has 14 heavy (non-hydrogen) atoms. The van der Waals surface area contributed by atoms with Gasteiger partial charge in [-0.2, -0.15) is 0 Å². The number of nitrogens with one attached hydrogen (secondary N) is 1. The molecule has 0 saturated heterocycles. The first-order valence-electron chi connectivity index (χ1n) is 4.65. The van der Waals surface area contributed by atoms with Crippen LogP contribution < -0.4 is 5.32 Å². The van der Waals surface area contributed by atoms with Gasteiger partial charge in [0.15, 0.2) is 0 Å². The summed E-state index contributed by atoms with van der Waals surface area (Å²) in [5.74, 6) is 0.